The van der Waals surface area contributed by atoms with Crippen LogP contribution in [0.4, 0.5) is 4.39 Å². The molecule has 2 heterocycles. The summed E-state index contributed by atoms with van der Waals surface area (Å²) >= 11 is 0. The Morgan fingerprint density at radius 2 is 1.95 bits per heavy atom. The Bertz CT molecular complexity index is 549. The van der Waals surface area contributed by atoms with Gasteiger partial charge in [0.1, 0.15) is 5.82 Å². The van der Waals surface area contributed by atoms with E-state index in [-0.39, 0.29) is 5.82 Å². The van der Waals surface area contributed by atoms with Crippen LogP contribution in [-0.4, -0.2) is 41.2 Å². The molecule has 5 nitrogen and oxygen atoms in total. The molecule has 1 aliphatic rings. The standard InChI is InChI=1S/C14H17FN4O/c15-12-3-1-11(2-4-12)9-14-17-13(18-20-14)10-19-7-5-16-6-8-19/h1-4,16H,5-10H2. The predicted octanol–water partition coefficient (Wildman–Crippen LogP) is 1.20. The van der Waals surface area contributed by atoms with E-state index in [4.69, 9.17) is 4.52 Å². The minimum Gasteiger partial charge on any atom is -0.339 e. The molecule has 3 rings (SSSR count). The molecule has 0 radical (unpaired) electrons. The van der Waals surface area contributed by atoms with E-state index in [2.05, 4.69) is 20.4 Å². The lowest BCUT2D eigenvalue weighted by molar-refractivity contribution is 0.224. The van der Waals surface area contributed by atoms with Gasteiger partial charge in [-0.3, -0.25) is 4.90 Å². The van der Waals surface area contributed by atoms with Gasteiger partial charge in [-0.2, -0.15) is 4.98 Å². The molecule has 0 saturated carbocycles. The van der Waals surface area contributed by atoms with Crippen LogP contribution < -0.4 is 5.32 Å². The van der Waals surface area contributed by atoms with Gasteiger partial charge in [0.25, 0.3) is 0 Å². The second-order valence-corrected chi connectivity index (χ2v) is 4.93. The highest BCUT2D eigenvalue weighted by Gasteiger charge is 2.14. The van der Waals surface area contributed by atoms with E-state index in [9.17, 15) is 4.39 Å². The van der Waals surface area contributed by atoms with Crippen molar-refractivity contribution in [3.63, 3.8) is 0 Å². The van der Waals surface area contributed by atoms with Crippen molar-refractivity contribution in [2.75, 3.05) is 26.2 Å². The van der Waals surface area contributed by atoms with Crippen molar-refractivity contribution in [2.45, 2.75) is 13.0 Å². The highest BCUT2D eigenvalue weighted by Crippen LogP contribution is 2.10. The van der Waals surface area contributed by atoms with Crippen LogP contribution in [0.5, 0.6) is 0 Å². The summed E-state index contributed by atoms with van der Waals surface area (Å²) in [6, 6.07) is 6.34. The Morgan fingerprint density at radius 1 is 1.20 bits per heavy atom. The molecule has 0 bridgehead atoms. The molecule has 0 aliphatic carbocycles. The molecule has 1 aliphatic heterocycles. The van der Waals surface area contributed by atoms with Crippen LogP contribution in [0.3, 0.4) is 0 Å². The second kappa shape index (κ2) is 6.11. The van der Waals surface area contributed by atoms with Crippen LogP contribution in [0.2, 0.25) is 0 Å². The first-order valence-corrected chi connectivity index (χ1v) is 6.78. The highest BCUT2D eigenvalue weighted by atomic mass is 19.1. The van der Waals surface area contributed by atoms with Crippen LogP contribution in [0.25, 0.3) is 0 Å². The molecule has 1 aromatic carbocycles. The minimum absolute atomic E-state index is 0.237. The molecule has 106 valence electrons. The van der Waals surface area contributed by atoms with Crippen LogP contribution in [0.1, 0.15) is 17.3 Å². The number of benzene rings is 1. The Balaban J connectivity index is 1.60. The molecule has 1 fully saturated rings. The molecule has 0 spiro atoms. The van der Waals surface area contributed by atoms with Crippen molar-refractivity contribution >= 4 is 0 Å². The highest BCUT2D eigenvalue weighted by molar-refractivity contribution is 5.19. The Hall–Kier alpha value is -1.79. The fraction of sp³-hybridized carbons (Fsp3) is 0.429. The van der Waals surface area contributed by atoms with E-state index in [1.165, 1.54) is 12.1 Å². The number of nitrogens with one attached hydrogen (secondary N) is 1. The largest absolute Gasteiger partial charge is 0.339 e. The van der Waals surface area contributed by atoms with Crippen LogP contribution in [0.15, 0.2) is 28.8 Å². The van der Waals surface area contributed by atoms with Crippen molar-refractivity contribution in [1.29, 1.82) is 0 Å². The Labute approximate surface area is 116 Å². The lowest BCUT2D eigenvalue weighted by Crippen LogP contribution is -2.43. The first kappa shape index (κ1) is 13.2. The topological polar surface area (TPSA) is 54.2 Å². The van der Waals surface area contributed by atoms with Gasteiger partial charge in [-0.05, 0) is 17.7 Å². The second-order valence-electron chi connectivity index (χ2n) is 4.93. The van der Waals surface area contributed by atoms with Gasteiger partial charge in [-0.15, -0.1) is 0 Å². The molecular formula is C14H17FN4O. The average molecular weight is 276 g/mol. The van der Waals surface area contributed by atoms with Crippen LogP contribution in [0, 0.1) is 5.82 Å². The van der Waals surface area contributed by atoms with Crippen molar-refractivity contribution in [1.82, 2.24) is 20.4 Å². The molecule has 20 heavy (non-hydrogen) atoms. The monoisotopic (exact) mass is 276 g/mol. The van der Waals surface area contributed by atoms with Crippen molar-refractivity contribution in [2.24, 2.45) is 0 Å². The maximum atomic E-state index is 12.8. The normalized spacial score (nSPS) is 16.4. The SMILES string of the molecule is Fc1ccc(Cc2nc(CN3CCNCC3)no2)cc1. The van der Waals surface area contributed by atoms with Gasteiger partial charge < -0.3 is 9.84 Å². The Kier molecular flexibility index (Phi) is 4.03. The summed E-state index contributed by atoms with van der Waals surface area (Å²) in [6.45, 7) is 4.72. The van der Waals surface area contributed by atoms with E-state index in [0.29, 0.717) is 24.7 Å². The number of nitrogens with zero attached hydrogens (tertiary/aromatic N) is 3. The third kappa shape index (κ3) is 3.40. The number of halogens is 1. The van der Waals surface area contributed by atoms with Gasteiger partial charge in [0.2, 0.25) is 5.89 Å². The fourth-order valence-electron chi connectivity index (χ4n) is 2.27. The third-order valence-electron chi connectivity index (χ3n) is 3.35. The van der Waals surface area contributed by atoms with Crippen LogP contribution >= 0.6 is 0 Å². The van der Waals surface area contributed by atoms with E-state index in [0.717, 1.165) is 31.7 Å². The summed E-state index contributed by atoms with van der Waals surface area (Å²) in [5, 5.41) is 7.31. The van der Waals surface area contributed by atoms with Gasteiger partial charge >= 0.3 is 0 Å². The number of aromatic nitrogens is 2. The van der Waals surface area contributed by atoms with Gasteiger partial charge in [-0.1, -0.05) is 17.3 Å². The molecule has 6 heteroatoms. The number of piperazine rings is 1. The average Bonchev–Trinajstić information content (AvgIpc) is 2.90. The summed E-state index contributed by atoms with van der Waals surface area (Å²) in [4.78, 5) is 6.68. The smallest absolute Gasteiger partial charge is 0.231 e. The van der Waals surface area contributed by atoms with Gasteiger partial charge in [-0.25, -0.2) is 4.39 Å². The first-order chi connectivity index (χ1) is 9.79. The number of hydrogen-bond acceptors (Lipinski definition) is 5. The lowest BCUT2D eigenvalue weighted by Gasteiger charge is -2.25. The van der Waals surface area contributed by atoms with E-state index < -0.39 is 0 Å². The summed E-state index contributed by atoms with van der Waals surface area (Å²) in [5.74, 6) is 1.05. The van der Waals surface area contributed by atoms with Gasteiger partial charge in [0.05, 0.1) is 13.0 Å². The number of rotatable bonds is 4. The predicted molar refractivity (Wildman–Crippen MR) is 71.7 cm³/mol. The molecule has 0 amide bonds. The zero-order valence-corrected chi connectivity index (χ0v) is 11.2. The molecule has 1 N–H and O–H groups in total. The quantitative estimate of drug-likeness (QED) is 0.909. The van der Waals surface area contributed by atoms with Gasteiger partial charge in [0, 0.05) is 26.2 Å². The van der Waals surface area contributed by atoms with Crippen LogP contribution in [-0.2, 0) is 13.0 Å². The molecule has 1 saturated heterocycles. The summed E-state index contributed by atoms with van der Waals surface area (Å²) in [7, 11) is 0. The molecule has 2 aromatic rings. The van der Waals surface area contributed by atoms with Crippen molar-refractivity contribution < 1.29 is 8.91 Å². The molecule has 0 atom stereocenters. The van der Waals surface area contributed by atoms with E-state index >= 15 is 0 Å². The zero-order chi connectivity index (χ0) is 13.8. The van der Waals surface area contributed by atoms with E-state index in [1.54, 1.807) is 12.1 Å². The molecule has 1 aromatic heterocycles. The Morgan fingerprint density at radius 3 is 2.70 bits per heavy atom. The zero-order valence-electron chi connectivity index (χ0n) is 11.2. The summed E-state index contributed by atoms with van der Waals surface area (Å²) < 4.78 is 18.1. The third-order valence-corrected chi connectivity index (χ3v) is 3.35. The maximum Gasteiger partial charge on any atom is 0.231 e. The van der Waals surface area contributed by atoms with E-state index in [1.807, 2.05) is 0 Å². The maximum absolute atomic E-state index is 12.8. The summed E-state index contributed by atoms with van der Waals surface area (Å²) in [5.41, 5.74) is 0.962. The first-order valence-electron chi connectivity index (χ1n) is 6.78. The minimum atomic E-state index is -0.237. The molecular weight excluding hydrogens is 259 g/mol. The van der Waals surface area contributed by atoms with Gasteiger partial charge in [0.15, 0.2) is 5.82 Å². The number of hydrogen-bond donors (Lipinski definition) is 1. The summed E-state index contributed by atoms with van der Waals surface area (Å²) in [6.07, 6.45) is 0.537. The lowest BCUT2D eigenvalue weighted by atomic mass is 10.1. The molecule has 0 unspecified atom stereocenters. The van der Waals surface area contributed by atoms with Crippen molar-refractivity contribution in [3.05, 3.63) is 47.4 Å². The van der Waals surface area contributed by atoms with Crippen molar-refractivity contribution in [3.8, 4) is 0 Å². The fourth-order valence-corrected chi connectivity index (χ4v) is 2.27.